The van der Waals surface area contributed by atoms with Crippen LogP contribution in [0.15, 0.2) is 24.3 Å². The number of non-ortho nitro benzene ring substituents is 1. The van der Waals surface area contributed by atoms with Crippen LogP contribution >= 0.6 is 0 Å². The maximum Gasteiger partial charge on any atom is 0.269 e. The first-order chi connectivity index (χ1) is 8.98. The van der Waals surface area contributed by atoms with E-state index in [0.29, 0.717) is 0 Å². The maximum absolute atomic E-state index is 11.9. The predicted octanol–water partition coefficient (Wildman–Crippen LogP) is 0.625. The molecule has 0 saturated heterocycles. The molecule has 0 radical (unpaired) electrons. The number of nitrogens with two attached hydrogens (primary N) is 1. The summed E-state index contributed by atoms with van der Waals surface area (Å²) >= 11 is 0. The molecule has 110 valence electrons. The van der Waals surface area contributed by atoms with E-state index in [1.54, 1.807) is 0 Å². The zero-order valence-electron chi connectivity index (χ0n) is 11.2. The monoisotopic (exact) mass is 301 g/mol. The fourth-order valence-corrected chi connectivity index (χ4v) is 3.16. The molecule has 0 aliphatic heterocycles. The number of hydrogen-bond donors (Lipinski definition) is 1. The molecule has 0 aromatic heterocycles. The minimum Gasteiger partial charge on any atom is -0.368 e. The number of benzene rings is 1. The Morgan fingerprint density at radius 3 is 2.05 bits per heavy atom. The molecule has 8 nitrogen and oxygen atoms in total. The zero-order valence-corrected chi connectivity index (χ0v) is 12.0. The smallest absolute Gasteiger partial charge is 0.269 e. The lowest BCUT2D eigenvalue weighted by Crippen LogP contribution is -2.55. The molecule has 0 aliphatic rings. The molecular formula is C11H15N3O5S. The van der Waals surface area contributed by atoms with Gasteiger partial charge in [0.05, 0.1) is 16.9 Å². The van der Waals surface area contributed by atoms with Crippen LogP contribution in [0.5, 0.6) is 0 Å². The van der Waals surface area contributed by atoms with Crippen LogP contribution in [0.2, 0.25) is 0 Å². The van der Waals surface area contributed by atoms with Gasteiger partial charge < -0.3 is 5.73 Å². The molecule has 1 rings (SSSR count). The van der Waals surface area contributed by atoms with Crippen molar-refractivity contribution in [2.24, 2.45) is 5.73 Å². The van der Waals surface area contributed by atoms with Gasteiger partial charge in [-0.15, -0.1) is 0 Å². The van der Waals surface area contributed by atoms with Gasteiger partial charge in [-0.3, -0.25) is 19.2 Å². The highest BCUT2D eigenvalue weighted by atomic mass is 32.2. The fourth-order valence-electron chi connectivity index (χ4n) is 1.74. The van der Waals surface area contributed by atoms with Crippen molar-refractivity contribution in [2.45, 2.75) is 19.4 Å². The van der Waals surface area contributed by atoms with Crippen molar-refractivity contribution >= 4 is 27.3 Å². The van der Waals surface area contributed by atoms with Crippen molar-refractivity contribution in [1.29, 1.82) is 0 Å². The lowest BCUT2D eigenvalue weighted by molar-refractivity contribution is -0.384. The first-order valence-electron chi connectivity index (χ1n) is 5.52. The summed E-state index contributed by atoms with van der Waals surface area (Å²) in [5.41, 5.74) is 3.68. The third-order valence-corrected chi connectivity index (χ3v) is 4.07. The van der Waals surface area contributed by atoms with Gasteiger partial charge in [-0.2, -0.15) is 0 Å². The number of nitro benzene ring substituents is 1. The van der Waals surface area contributed by atoms with E-state index in [9.17, 15) is 23.3 Å². The summed E-state index contributed by atoms with van der Waals surface area (Å²) in [6.45, 7) is 2.72. The summed E-state index contributed by atoms with van der Waals surface area (Å²) in [7, 11) is -3.79. The van der Waals surface area contributed by atoms with E-state index in [2.05, 4.69) is 0 Å². The number of hydrogen-bond acceptors (Lipinski definition) is 5. The largest absolute Gasteiger partial charge is 0.368 e. The first-order valence-corrected chi connectivity index (χ1v) is 7.37. The van der Waals surface area contributed by atoms with Crippen molar-refractivity contribution in [3.05, 3.63) is 34.4 Å². The molecule has 0 heterocycles. The highest BCUT2D eigenvalue weighted by Gasteiger charge is 2.39. The van der Waals surface area contributed by atoms with Crippen molar-refractivity contribution in [3.8, 4) is 0 Å². The molecule has 0 bridgehead atoms. The Morgan fingerprint density at radius 2 is 1.75 bits per heavy atom. The predicted molar refractivity (Wildman–Crippen MR) is 73.7 cm³/mol. The number of sulfonamides is 1. The lowest BCUT2D eigenvalue weighted by Gasteiger charge is -2.35. The Kier molecular flexibility index (Phi) is 4.04. The number of amides is 1. The Hall–Kier alpha value is -2.16. The molecule has 20 heavy (non-hydrogen) atoms. The highest BCUT2D eigenvalue weighted by molar-refractivity contribution is 7.92. The van der Waals surface area contributed by atoms with Crippen LogP contribution in [-0.4, -0.2) is 31.0 Å². The maximum atomic E-state index is 11.9. The van der Waals surface area contributed by atoms with Crippen LogP contribution in [0.25, 0.3) is 0 Å². The molecule has 0 saturated carbocycles. The van der Waals surface area contributed by atoms with Gasteiger partial charge in [0.1, 0.15) is 5.54 Å². The van der Waals surface area contributed by atoms with E-state index in [1.807, 2.05) is 0 Å². The Bertz CT molecular complexity index is 637. The van der Waals surface area contributed by atoms with Gasteiger partial charge in [0.15, 0.2) is 0 Å². The van der Waals surface area contributed by atoms with E-state index in [-0.39, 0.29) is 11.4 Å². The number of carbonyl (C=O) groups excluding carboxylic acids is 1. The van der Waals surface area contributed by atoms with Gasteiger partial charge in [-0.1, -0.05) is 0 Å². The Labute approximate surface area is 116 Å². The SMILES string of the molecule is CC(C)(C(N)=O)N(c1ccc([N+](=O)[O-])cc1)S(C)(=O)=O. The third kappa shape index (κ3) is 3.05. The topological polar surface area (TPSA) is 124 Å². The van der Waals surface area contributed by atoms with Gasteiger partial charge in [0.2, 0.25) is 15.9 Å². The number of carbonyl (C=O) groups is 1. The summed E-state index contributed by atoms with van der Waals surface area (Å²) in [5, 5.41) is 10.6. The lowest BCUT2D eigenvalue weighted by atomic mass is 10.0. The van der Waals surface area contributed by atoms with Crippen LogP contribution in [0.1, 0.15) is 13.8 Å². The van der Waals surface area contributed by atoms with E-state index < -0.39 is 26.4 Å². The molecule has 0 atom stereocenters. The molecule has 2 N–H and O–H groups in total. The molecule has 0 aliphatic carbocycles. The van der Waals surface area contributed by atoms with Crippen LogP contribution in [0.3, 0.4) is 0 Å². The standard InChI is InChI=1S/C11H15N3O5S/c1-11(2,10(12)15)13(20(3,18)19)8-4-6-9(7-5-8)14(16)17/h4-7H,1-3H3,(H2,12,15). The molecule has 1 aromatic carbocycles. The molecule has 0 spiro atoms. The van der Waals surface area contributed by atoms with Crippen molar-refractivity contribution in [1.82, 2.24) is 0 Å². The third-order valence-electron chi connectivity index (χ3n) is 2.74. The van der Waals surface area contributed by atoms with Crippen molar-refractivity contribution < 1.29 is 18.1 Å². The first kappa shape index (κ1) is 15.9. The quantitative estimate of drug-likeness (QED) is 0.630. The van der Waals surface area contributed by atoms with Gasteiger partial charge in [0.25, 0.3) is 5.69 Å². The Balaban J connectivity index is 3.41. The summed E-state index contributed by atoms with van der Waals surface area (Å²) in [5.74, 6) is -0.832. The number of nitrogens with zero attached hydrogens (tertiary/aromatic N) is 2. The average molecular weight is 301 g/mol. The number of rotatable bonds is 5. The summed E-state index contributed by atoms with van der Waals surface area (Å²) in [4.78, 5) is 21.4. The van der Waals surface area contributed by atoms with Crippen molar-refractivity contribution in [2.75, 3.05) is 10.6 Å². The van der Waals surface area contributed by atoms with E-state index in [0.717, 1.165) is 22.7 Å². The van der Waals surface area contributed by atoms with Gasteiger partial charge >= 0.3 is 0 Å². The normalized spacial score (nSPS) is 11.9. The molecule has 1 amide bonds. The second kappa shape index (κ2) is 5.08. The van der Waals surface area contributed by atoms with Crippen LogP contribution < -0.4 is 10.0 Å². The second-order valence-corrected chi connectivity index (χ2v) is 6.56. The van der Waals surface area contributed by atoms with Gasteiger partial charge in [-0.25, -0.2) is 8.42 Å². The van der Waals surface area contributed by atoms with Gasteiger partial charge in [-0.05, 0) is 26.0 Å². The number of anilines is 1. The van der Waals surface area contributed by atoms with E-state index in [4.69, 9.17) is 5.73 Å². The van der Waals surface area contributed by atoms with Crippen molar-refractivity contribution in [3.63, 3.8) is 0 Å². The Morgan fingerprint density at radius 1 is 1.30 bits per heavy atom. The van der Waals surface area contributed by atoms with Crippen LogP contribution in [-0.2, 0) is 14.8 Å². The molecule has 0 unspecified atom stereocenters. The summed E-state index contributed by atoms with van der Waals surface area (Å²) < 4.78 is 24.6. The van der Waals surface area contributed by atoms with E-state index in [1.165, 1.54) is 26.0 Å². The molecular weight excluding hydrogens is 286 g/mol. The van der Waals surface area contributed by atoms with Crippen LogP contribution in [0, 0.1) is 10.1 Å². The minimum atomic E-state index is -3.79. The molecule has 1 aromatic rings. The number of nitro groups is 1. The molecule has 9 heteroatoms. The summed E-state index contributed by atoms with van der Waals surface area (Å²) in [6, 6.07) is 4.82. The minimum absolute atomic E-state index is 0.127. The summed E-state index contributed by atoms with van der Waals surface area (Å²) in [6.07, 6.45) is 0.930. The highest BCUT2D eigenvalue weighted by Crippen LogP contribution is 2.28. The molecule has 0 fully saturated rings. The average Bonchev–Trinajstić information content (AvgIpc) is 2.27. The fraction of sp³-hybridized carbons (Fsp3) is 0.364. The van der Waals surface area contributed by atoms with E-state index >= 15 is 0 Å². The second-order valence-electron chi connectivity index (χ2n) is 4.72. The zero-order chi connectivity index (χ0) is 15.7. The van der Waals surface area contributed by atoms with Gasteiger partial charge in [0, 0.05) is 12.1 Å². The number of primary amides is 1. The van der Waals surface area contributed by atoms with Crippen LogP contribution in [0.4, 0.5) is 11.4 Å².